The van der Waals surface area contributed by atoms with Crippen LogP contribution in [-0.2, 0) is 14.3 Å². The predicted octanol–water partition coefficient (Wildman–Crippen LogP) is 4.05. The molecule has 0 bridgehead atoms. The Hall–Kier alpha value is -2.83. The summed E-state index contributed by atoms with van der Waals surface area (Å²) in [5.74, 6) is -0.890. The molecule has 1 fully saturated rings. The van der Waals surface area contributed by atoms with Crippen molar-refractivity contribution in [2.24, 2.45) is 0 Å². The number of hydrogen-bond donors (Lipinski definition) is 0. The molecule has 6 heteroatoms. The van der Waals surface area contributed by atoms with E-state index in [2.05, 4.69) is 4.98 Å². The minimum atomic E-state index is -0.809. The standard InChI is InChI=1S/C23H23FN2O3/c1-16(18-14-17-6-2-5-9-21(17)25-15-18)29-23(27)22(26-10-12-28-13-11-26)19-7-3-4-8-20(19)24/h2-9,14-16,22H,10-13H2,1H3/t16-,22+/m0/s1. The summed E-state index contributed by atoms with van der Waals surface area (Å²) in [6, 6.07) is 15.3. The van der Waals surface area contributed by atoms with Crippen LogP contribution < -0.4 is 0 Å². The van der Waals surface area contributed by atoms with E-state index in [9.17, 15) is 9.18 Å². The number of carbonyl (C=O) groups excluding carboxylic acids is 1. The summed E-state index contributed by atoms with van der Waals surface area (Å²) in [7, 11) is 0. The molecule has 0 saturated carbocycles. The Morgan fingerprint density at radius 1 is 1.14 bits per heavy atom. The van der Waals surface area contributed by atoms with Gasteiger partial charge in [-0.3, -0.25) is 9.88 Å². The van der Waals surface area contributed by atoms with Crippen molar-refractivity contribution in [3.63, 3.8) is 0 Å². The first-order chi connectivity index (χ1) is 14.1. The number of nitrogens with zero attached hydrogens (tertiary/aromatic N) is 2. The van der Waals surface area contributed by atoms with Gasteiger partial charge in [-0.25, -0.2) is 9.18 Å². The van der Waals surface area contributed by atoms with Gasteiger partial charge in [0.05, 0.1) is 18.7 Å². The van der Waals surface area contributed by atoms with E-state index in [0.717, 1.165) is 16.5 Å². The molecule has 0 N–H and O–H groups in total. The second-order valence-electron chi connectivity index (χ2n) is 7.11. The Kier molecular flexibility index (Phi) is 5.83. The molecule has 3 aromatic rings. The third-order valence-corrected chi connectivity index (χ3v) is 5.21. The van der Waals surface area contributed by atoms with Crippen LogP contribution in [0.5, 0.6) is 0 Å². The van der Waals surface area contributed by atoms with Crippen LogP contribution in [0.2, 0.25) is 0 Å². The fourth-order valence-electron chi connectivity index (χ4n) is 3.62. The van der Waals surface area contributed by atoms with Crippen molar-refractivity contribution in [3.8, 4) is 0 Å². The molecule has 0 unspecified atom stereocenters. The fourth-order valence-corrected chi connectivity index (χ4v) is 3.62. The summed E-state index contributed by atoms with van der Waals surface area (Å²) in [5.41, 5.74) is 2.00. The van der Waals surface area contributed by atoms with Gasteiger partial charge < -0.3 is 9.47 Å². The first-order valence-electron chi connectivity index (χ1n) is 9.75. The summed E-state index contributed by atoms with van der Waals surface area (Å²) >= 11 is 0. The van der Waals surface area contributed by atoms with Crippen LogP contribution in [0.4, 0.5) is 4.39 Å². The molecule has 1 aromatic heterocycles. The number of halogens is 1. The minimum absolute atomic E-state index is 0.322. The van der Waals surface area contributed by atoms with Gasteiger partial charge in [-0.05, 0) is 25.1 Å². The Bertz CT molecular complexity index is 1000. The molecule has 0 amide bonds. The van der Waals surface area contributed by atoms with Crippen LogP contribution in [0.15, 0.2) is 60.8 Å². The lowest BCUT2D eigenvalue weighted by Crippen LogP contribution is -2.43. The minimum Gasteiger partial charge on any atom is -0.456 e. The molecule has 1 aliphatic heterocycles. The van der Waals surface area contributed by atoms with Gasteiger partial charge in [-0.1, -0.05) is 36.4 Å². The van der Waals surface area contributed by atoms with Crippen LogP contribution in [0, 0.1) is 5.82 Å². The van der Waals surface area contributed by atoms with Crippen molar-refractivity contribution < 1.29 is 18.7 Å². The number of esters is 1. The predicted molar refractivity (Wildman–Crippen MR) is 108 cm³/mol. The van der Waals surface area contributed by atoms with Crippen LogP contribution in [0.25, 0.3) is 10.9 Å². The zero-order valence-electron chi connectivity index (χ0n) is 16.3. The van der Waals surface area contributed by atoms with E-state index < -0.39 is 23.9 Å². The molecule has 150 valence electrons. The number of pyridine rings is 1. The molecule has 0 spiro atoms. The van der Waals surface area contributed by atoms with Gasteiger partial charge in [0.2, 0.25) is 0 Å². The zero-order chi connectivity index (χ0) is 20.2. The topological polar surface area (TPSA) is 51.7 Å². The molecule has 5 nitrogen and oxygen atoms in total. The third-order valence-electron chi connectivity index (χ3n) is 5.21. The van der Waals surface area contributed by atoms with E-state index in [1.54, 1.807) is 31.3 Å². The van der Waals surface area contributed by atoms with Gasteiger partial charge in [0.15, 0.2) is 0 Å². The molecule has 2 heterocycles. The number of hydrogen-bond acceptors (Lipinski definition) is 5. The average molecular weight is 394 g/mol. The maximum absolute atomic E-state index is 14.5. The Balaban J connectivity index is 1.58. The second-order valence-corrected chi connectivity index (χ2v) is 7.11. The highest BCUT2D eigenvalue weighted by Crippen LogP contribution is 2.29. The lowest BCUT2D eigenvalue weighted by Gasteiger charge is -2.34. The van der Waals surface area contributed by atoms with E-state index in [1.165, 1.54) is 6.07 Å². The van der Waals surface area contributed by atoms with Crippen molar-refractivity contribution in [2.45, 2.75) is 19.1 Å². The molecule has 4 rings (SSSR count). The smallest absolute Gasteiger partial charge is 0.328 e. The normalized spacial score (nSPS) is 17.0. The molecule has 0 aliphatic carbocycles. The zero-order valence-corrected chi connectivity index (χ0v) is 16.3. The van der Waals surface area contributed by atoms with E-state index in [0.29, 0.717) is 31.9 Å². The van der Waals surface area contributed by atoms with Crippen LogP contribution in [0.1, 0.15) is 30.2 Å². The number of para-hydroxylation sites is 1. The van der Waals surface area contributed by atoms with E-state index in [-0.39, 0.29) is 0 Å². The molecule has 2 atom stereocenters. The Labute approximate surface area is 169 Å². The highest BCUT2D eigenvalue weighted by Gasteiger charge is 2.33. The number of carbonyl (C=O) groups is 1. The third kappa shape index (κ3) is 4.28. The first kappa shape index (κ1) is 19.5. The lowest BCUT2D eigenvalue weighted by atomic mass is 10.0. The Morgan fingerprint density at radius 3 is 2.66 bits per heavy atom. The van der Waals surface area contributed by atoms with E-state index in [4.69, 9.17) is 9.47 Å². The highest BCUT2D eigenvalue weighted by molar-refractivity contribution is 5.80. The number of rotatable bonds is 5. The first-order valence-corrected chi connectivity index (χ1v) is 9.75. The molecule has 1 aliphatic rings. The largest absolute Gasteiger partial charge is 0.456 e. The summed E-state index contributed by atoms with van der Waals surface area (Å²) in [6.07, 6.45) is 1.21. The molecule has 29 heavy (non-hydrogen) atoms. The number of aromatic nitrogens is 1. The van der Waals surface area contributed by atoms with Crippen LogP contribution in [-0.4, -0.2) is 42.2 Å². The van der Waals surface area contributed by atoms with Crippen molar-refractivity contribution in [1.29, 1.82) is 0 Å². The van der Waals surface area contributed by atoms with Crippen LogP contribution >= 0.6 is 0 Å². The van der Waals surface area contributed by atoms with E-state index >= 15 is 0 Å². The van der Waals surface area contributed by atoms with Crippen molar-refractivity contribution in [2.75, 3.05) is 26.3 Å². The second kappa shape index (κ2) is 8.68. The van der Waals surface area contributed by atoms with Gasteiger partial charge in [-0.2, -0.15) is 0 Å². The molecule has 0 radical (unpaired) electrons. The summed E-state index contributed by atoms with van der Waals surface area (Å²) < 4.78 is 25.7. The van der Waals surface area contributed by atoms with E-state index in [1.807, 2.05) is 35.2 Å². The number of ether oxygens (including phenoxy) is 2. The Morgan fingerprint density at radius 2 is 1.86 bits per heavy atom. The van der Waals surface area contributed by atoms with Gasteiger partial charge in [0.25, 0.3) is 0 Å². The van der Waals surface area contributed by atoms with Gasteiger partial charge in [0, 0.05) is 35.8 Å². The molecular weight excluding hydrogens is 371 g/mol. The van der Waals surface area contributed by atoms with Gasteiger partial charge in [0.1, 0.15) is 18.0 Å². The quantitative estimate of drug-likeness (QED) is 0.611. The summed E-state index contributed by atoms with van der Waals surface area (Å²) in [6.45, 7) is 3.90. The summed E-state index contributed by atoms with van der Waals surface area (Å²) in [5, 5.41) is 0.978. The van der Waals surface area contributed by atoms with Crippen LogP contribution in [0.3, 0.4) is 0 Å². The van der Waals surface area contributed by atoms with Gasteiger partial charge in [-0.15, -0.1) is 0 Å². The van der Waals surface area contributed by atoms with Crippen molar-refractivity contribution >= 4 is 16.9 Å². The number of fused-ring (bicyclic) bond motifs is 1. The lowest BCUT2D eigenvalue weighted by molar-refractivity contribution is -0.157. The monoisotopic (exact) mass is 394 g/mol. The fraction of sp³-hybridized carbons (Fsp3) is 0.304. The number of morpholine rings is 1. The molecule has 1 saturated heterocycles. The SMILES string of the molecule is C[C@H](OC(=O)[C@@H](c1ccccc1F)N1CCOCC1)c1cnc2ccccc2c1. The maximum Gasteiger partial charge on any atom is 0.328 e. The molecular formula is C23H23FN2O3. The van der Waals surface area contributed by atoms with Crippen molar-refractivity contribution in [1.82, 2.24) is 9.88 Å². The van der Waals surface area contributed by atoms with Crippen molar-refractivity contribution in [3.05, 3.63) is 77.7 Å². The molecule has 2 aromatic carbocycles. The van der Waals surface area contributed by atoms with Gasteiger partial charge >= 0.3 is 5.97 Å². The summed E-state index contributed by atoms with van der Waals surface area (Å²) in [4.78, 5) is 19.5. The highest BCUT2D eigenvalue weighted by atomic mass is 19.1. The average Bonchev–Trinajstić information content (AvgIpc) is 2.75. The number of benzene rings is 2. The maximum atomic E-state index is 14.5.